The van der Waals surface area contributed by atoms with E-state index in [1.54, 1.807) is 48.5 Å². The molecule has 0 radical (unpaired) electrons. The van der Waals surface area contributed by atoms with E-state index in [1.807, 2.05) is 6.07 Å². The summed E-state index contributed by atoms with van der Waals surface area (Å²) in [5.41, 5.74) is 1.50. The highest BCUT2D eigenvalue weighted by molar-refractivity contribution is 9.10. The van der Waals surface area contributed by atoms with Gasteiger partial charge in [0.1, 0.15) is 18.2 Å². The lowest BCUT2D eigenvalue weighted by Gasteiger charge is -2.14. The van der Waals surface area contributed by atoms with Crippen molar-refractivity contribution in [2.45, 2.75) is 6.61 Å². The molecule has 0 aliphatic carbocycles. The Morgan fingerprint density at radius 1 is 1.12 bits per heavy atom. The molecule has 0 aromatic heterocycles. The van der Waals surface area contributed by atoms with Gasteiger partial charge in [0.05, 0.1) is 15.6 Å². The molecule has 1 amide bonds. The first-order valence-corrected chi connectivity index (χ1v) is 12.0. The number of amides is 1. The lowest BCUT2D eigenvalue weighted by atomic mass is 10.1. The molecule has 1 aliphatic rings. The zero-order valence-electron chi connectivity index (χ0n) is 16.2. The van der Waals surface area contributed by atoms with Crippen molar-refractivity contribution < 1.29 is 13.9 Å². The lowest BCUT2D eigenvalue weighted by molar-refractivity contribution is -0.113. The van der Waals surface area contributed by atoms with E-state index in [0.717, 1.165) is 4.47 Å². The minimum Gasteiger partial charge on any atom is -0.488 e. The number of carbonyl (C=O) groups excluding carboxylic acids is 1. The average molecular weight is 569 g/mol. The largest absolute Gasteiger partial charge is 0.488 e. The zero-order valence-corrected chi connectivity index (χ0v) is 20.9. The van der Waals surface area contributed by atoms with Crippen molar-refractivity contribution in [3.05, 3.63) is 97.0 Å². The fourth-order valence-corrected chi connectivity index (χ4v) is 5.10. The first kappa shape index (κ1) is 23.3. The van der Waals surface area contributed by atoms with Crippen molar-refractivity contribution in [1.82, 2.24) is 0 Å². The molecule has 4 rings (SSSR count). The van der Waals surface area contributed by atoms with Crippen LogP contribution in [0.1, 0.15) is 11.1 Å². The van der Waals surface area contributed by atoms with Crippen LogP contribution in [0.25, 0.3) is 6.08 Å². The normalized spacial score (nSPS) is 15.0. The molecule has 3 nitrogen and oxygen atoms in total. The third-order valence-electron chi connectivity index (χ3n) is 4.55. The Kier molecular flexibility index (Phi) is 7.22. The Hall–Kier alpha value is -1.90. The molecule has 0 bridgehead atoms. The van der Waals surface area contributed by atoms with Crippen LogP contribution < -0.4 is 9.64 Å². The number of ether oxygens (including phenoxy) is 1. The maximum Gasteiger partial charge on any atom is 0.270 e. The number of hydrogen-bond donors (Lipinski definition) is 0. The fourth-order valence-electron chi connectivity index (χ4n) is 3.03. The summed E-state index contributed by atoms with van der Waals surface area (Å²) in [5, 5.41) is 0.793. The number of halogens is 4. The number of hydrogen-bond acceptors (Lipinski definition) is 4. The molecule has 3 aromatic carbocycles. The fraction of sp³-hybridized carbons (Fsp3) is 0.0435. The number of thioether (sulfide) groups is 1. The third-order valence-corrected chi connectivity index (χ3v) is 6.94. The molecule has 0 unspecified atom stereocenters. The molecule has 1 fully saturated rings. The molecule has 1 heterocycles. The van der Waals surface area contributed by atoms with Gasteiger partial charge in [-0.2, -0.15) is 0 Å². The Balaban J connectivity index is 1.63. The maximum absolute atomic E-state index is 14.1. The second-order valence-electron chi connectivity index (χ2n) is 6.67. The van der Waals surface area contributed by atoms with Crippen LogP contribution in [-0.4, -0.2) is 10.2 Å². The van der Waals surface area contributed by atoms with Crippen molar-refractivity contribution in [1.29, 1.82) is 0 Å². The van der Waals surface area contributed by atoms with Gasteiger partial charge in [-0.25, -0.2) is 4.39 Å². The highest BCUT2D eigenvalue weighted by atomic mass is 79.9. The molecule has 1 aliphatic heterocycles. The third kappa shape index (κ3) is 5.02. The molecule has 0 saturated carbocycles. The van der Waals surface area contributed by atoms with Crippen molar-refractivity contribution in [2.75, 3.05) is 4.90 Å². The maximum atomic E-state index is 14.1. The van der Waals surface area contributed by atoms with Gasteiger partial charge in [-0.1, -0.05) is 75.2 Å². The van der Waals surface area contributed by atoms with Crippen molar-refractivity contribution in [2.24, 2.45) is 0 Å². The van der Waals surface area contributed by atoms with Crippen molar-refractivity contribution in [3.63, 3.8) is 0 Å². The van der Waals surface area contributed by atoms with Crippen LogP contribution in [0.2, 0.25) is 10.0 Å². The van der Waals surface area contributed by atoms with E-state index in [2.05, 4.69) is 15.9 Å². The monoisotopic (exact) mass is 567 g/mol. The van der Waals surface area contributed by atoms with Crippen LogP contribution >= 0.6 is 63.1 Å². The number of nitrogens with zero attached hydrogens (tertiary/aromatic N) is 1. The quantitative estimate of drug-likeness (QED) is 0.231. The van der Waals surface area contributed by atoms with E-state index >= 15 is 0 Å². The average Bonchev–Trinajstić information content (AvgIpc) is 3.02. The van der Waals surface area contributed by atoms with Crippen LogP contribution in [0.5, 0.6) is 5.75 Å². The molecule has 32 heavy (non-hydrogen) atoms. The van der Waals surface area contributed by atoms with Crippen LogP contribution in [0.3, 0.4) is 0 Å². The first-order chi connectivity index (χ1) is 15.3. The first-order valence-electron chi connectivity index (χ1n) is 9.22. The predicted molar refractivity (Wildman–Crippen MR) is 137 cm³/mol. The molecular formula is C23H13BrCl2FNO2S2. The zero-order chi connectivity index (χ0) is 22.8. The van der Waals surface area contributed by atoms with Crippen LogP contribution in [0, 0.1) is 5.82 Å². The highest BCUT2D eigenvalue weighted by Gasteiger charge is 2.33. The number of carbonyl (C=O) groups is 1. The summed E-state index contributed by atoms with van der Waals surface area (Å²) in [6.07, 6.45) is 1.70. The summed E-state index contributed by atoms with van der Waals surface area (Å²) in [4.78, 5) is 15.0. The molecule has 1 saturated heterocycles. The predicted octanol–water partition coefficient (Wildman–Crippen LogP) is 7.88. The Morgan fingerprint density at radius 3 is 2.66 bits per heavy atom. The molecule has 9 heteroatoms. The Bertz CT molecular complexity index is 1250. The second kappa shape index (κ2) is 9.93. The van der Waals surface area contributed by atoms with Gasteiger partial charge in [-0.15, -0.1) is 0 Å². The van der Waals surface area contributed by atoms with Gasteiger partial charge in [0.2, 0.25) is 0 Å². The van der Waals surface area contributed by atoms with E-state index in [-0.39, 0.29) is 23.1 Å². The van der Waals surface area contributed by atoms with Crippen LogP contribution in [0.4, 0.5) is 10.1 Å². The number of anilines is 1. The number of rotatable bonds is 5. The highest BCUT2D eigenvalue weighted by Crippen LogP contribution is 2.38. The smallest absolute Gasteiger partial charge is 0.270 e. The summed E-state index contributed by atoms with van der Waals surface area (Å²) in [5.74, 6) is -0.232. The van der Waals surface area contributed by atoms with Gasteiger partial charge in [-0.05, 0) is 54.6 Å². The minimum absolute atomic E-state index is 0.0581. The van der Waals surface area contributed by atoms with Gasteiger partial charge >= 0.3 is 0 Å². The van der Waals surface area contributed by atoms with Gasteiger partial charge < -0.3 is 4.74 Å². The Morgan fingerprint density at radius 2 is 1.91 bits per heavy atom. The molecular weight excluding hydrogens is 556 g/mol. The van der Waals surface area contributed by atoms with Crippen molar-refractivity contribution >= 4 is 85.1 Å². The molecule has 0 atom stereocenters. The van der Waals surface area contributed by atoms with Crippen LogP contribution in [0.15, 0.2) is 70.0 Å². The molecule has 0 N–H and O–H groups in total. The van der Waals surface area contributed by atoms with Gasteiger partial charge in [0, 0.05) is 20.6 Å². The second-order valence-corrected chi connectivity index (χ2v) is 10.1. The molecule has 3 aromatic rings. The topological polar surface area (TPSA) is 29.5 Å². The van der Waals surface area contributed by atoms with E-state index < -0.39 is 5.82 Å². The van der Waals surface area contributed by atoms with E-state index in [1.165, 1.54) is 28.8 Å². The van der Waals surface area contributed by atoms with Crippen molar-refractivity contribution in [3.8, 4) is 5.75 Å². The van der Waals surface area contributed by atoms with Crippen LogP contribution in [-0.2, 0) is 11.4 Å². The van der Waals surface area contributed by atoms with E-state index in [4.69, 9.17) is 40.2 Å². The summed E-state index contributed by atoms with van der Waals surface area (Å²) >= 11 is 22.2. The summed E-state index contributed by atoms with van der Waals surface area (Å²) in [6, 6.07) is 16.8. The van der Waals surface area contributed by atoms with E-state index in [0.29, 0.717) is 31.2 Å². The molecule has 0 spiro atoms. The SMILES string of the molecule is O=C1/C(=C\c2cc(Br)ccc2OCc2c(F)cccc2Cl)SC(=S)N1c1cccc(Cl)c1. The van der Waals surface area contributed by atoms with Gasteiger partial charge in [-0.3, -0.25) is 9.69 Å². The summed E-state index contributed by atoms with van der Waals surface area (Å²) in [7, 11) is 0. The summed E-state index contributed by atoms with van der Waals surface area (Å²) in [6.45, 7) is -0.0581. The van der Waals surface area contributed by atoms with Gasteiger partial charge in [0.15, 0.2) is 4.32 Å². The van der Waals surface area contributed by atoms with E-state index in [9.17, 15) is 9.18 Å². The summed E-state index contributed by atoms with van der Waals surface area (Å²) < 4.78 is 21.2. The Labute approximate surface area is 212 Å². The lowest BCUT2D eigenvalue weighted by Crippen LogP contribution is -2.27. The molecule has 162 valence electrons. The number of benzene rings is 3. The standard InChI is InChI=1S/C23H13BrCl2FNO2S2/c24-14-7-8-20(30-12-17-18(26)5-2-6-19(17)27)13(9-14)10-21-22(29)28(23(31)32-21)16-4-1-3-15(25)11-16/h1-11H,12H2/b21-10+. The minimum atomic E-state index is -0.446. The van der Waals surface area contributed by atoms with Gasteiger partial charge in [0.25, 0.3) is 5.91 Å². The number of thiocarbonyl (C=S) groups is 1.